The van der Waals surface area contributed by atoms with Crippen LogP contribution in [0.15, 0.2) is 16.7 Å². The molecule has 1 atom stereocenters. The van der Waals surface area contributed by atoms with Crippen LogP contribution < -0.4 is 11.1 Å². The zero-order chi connectivity index (χ0) is 11.3. The van der Waals surface area contributed by atoms with Gasteiger partial charge < -0.3 is 11.1 Å². The predicted octanol–water partition coefficient (Wildman–Crippen LogP) is 2.52. The molecule has 0 spiro atoms. The summed E-state index contributed by atoms with van der Waals surface area (Å²) in [5, 5.41) is 2.99. The molecule has 15 heavy (non-hydrogen) atoms. The number of anilines is 1. The molecule has 0 aliphatic carbocycles. The van der Waals surface area contributed by atoms with E-state index in [2.05, 4.69) is 33.2 Å². The first-order valence-corrected chi connectivity index (χ1v) is 5.74. The monoisotopic (exact) mass is 275 g/mol. The van der Waals surface area contributed by atoms with Crippen molar-refractivity contribution in [3.8, 4) is 0 Å². The Morgan fingerprint density at radius 2 is 2.40 bits per heavy atom. The average Bonchev–Trinajstić information content (AvgIpc) is 2.21. The lowest BCUT2D eigenvalue weighted by Crippen LogP contribution is -2.29. The van der Waals surface area contributed by atoms with E-state index >= 15 is 0 Å². The maximum atomic E-state index is 13.4. The Balaban J connectivity index is 2.70. The number of nitrogens with two attached hydrogens (primary N) is 1. The second-order valence-corrected chi connectivity index (χ2v) is 4.27. The van der Waals surface area contributed by atoms with E-state index in [0.717, 1.165) is 12.8 Å². The highest BCUT2D eigenvalue weighted by molar-refractivity contribution is 9.10. The molecule has 0 radical (unpaired) electrons. The van der Waals surface area contributed by atoms with Crippen LogP contribution in [-0.2, 0) is 0 Å². The van der Waals surface area contributed by atoms with Crippen LogP contribution in [0.4, 0.5) is 10.2 Å². The summed E-state index contributed by atoms with van der Waals surface area (Å²) in [6, 6.07) is 1.47. The number of hydrogen-bond donors (Lipinski definition) is 2. The highest BCUT2D eigenvalue weighted by atomic mass is 79.9. The van der Waals surface area contributed by atoms with E-state index in [1.807, 2.05) is 0 Å². The van der Waals surface area contributed by atoms with Gasteiger partial charge in [0.1, 0.15) is 0 Å². The van der Waals surface area contributed by atoms with E-state index < -0.39 is 0 Å². The molecule has 0 amide bonds. The van der Waals surface area contributed by atoms with Crippen LogP contribution in [0.5, 0.6) is 0 Å². The minimum atomic E-state index is -0.362. The number of aromatic nitrogens is 1. The Bertz CT molecular complexity index is 320. The summed E-state index contributed by atoms with van der Waals surface area (Å²) in [6.07, 6.45) is 3.48. The smallest absolute Gasteiger partial charge is 0.166 e. The van der Waals surface area contributed by atoms with Gasteiger partial charge in [0.05, 0.1) is 0 Å². The third-order valence-electron chi connectivity index (χ3n) is 2.07. The molecule has 3 nitrogen and oxygen atoms in total. The largest absolute Gasteiger partial charge is 0.364 e. The molecule has 1 heterocycles. The zero-order valence-electron chi connectivity index (χ0n) is 8.63. The van der Waals surface area contributed by atoms with Crippen LogP contribution in [0.25, 0.3) is 0 Å². The van der Waals surface area contributed by atoms with Gasteiger partial charge in [0.2, 0.25) is 0 Å². The van der Waals surface area contributed by atoms with Crippen molar-refractivity contribution in [2.75, 3.05) is 11.9 Å². The lowest BCUT2D eigenvalue weighted by Gasteiger charge is -2.16. The fraction of sp³-hybridized carbons (Fsp3) is 0.500. The average molecular weight is 276 g/mol. The maximum absolute atomic E-state index is 13.4. The summed E-state index contributed by atoms with van der Waals surface area (Å²) in [4.78, 5) is 3.96. The van der Waals surface area contributed by atoms with Crippen LogP contribution in [0, 0.1) is 5.82 Å². The first-order valence-electron chi connectivity index (χ1n) is 4.95. The molecule has 0 saturated heterocycles. The van der Waals surface area contributed by atoms with Gasteiger partial charge in [-0.05, 0) is 28.4 Å². The molecule has 3 N–H and O–H groups in total. The molecular formula is C10H15BrFN3. The van der Waals surface area contributed by atoms with Crippen molar-refractivity contribution in [2.24, 2.45) is 5.73 Å². The Hall–Kier alpha value is -0.680. The first-order chi connectivity index (χ1) is 7.17. The van der Waals surface area contributed by atoms with Gasteiger partial charge in [-0.3, -0.25) is 0 Å². The fourth-order valence-electron chi connectivity index (χ4n) is 1.31. The summed E-state index contributed by atoms with van der Waals surface area (Å²) >= 11 is 3.16. The zero-order valence-corrected chi connectivity index (χ0v) is 10.2. The molecule has 1 aromatic rings. The van der Waals surface area contributed by atoms with Gasteiger partial charge in [-0.2, -0.15) is 0 Å². The number of nitrogens with one attached hydrogen (secondary N) is 1. The van der Waals surface area contributed by atoms with E-state index in [0.29, 0.717) is 11.0 Å². The van der Waals surface area contributed by atoms with Crippen molar-refractivity contribution in [2.45, 2.75) is 25.8 Å². The number of rotatable bonds is 5. The summed E-state index contributed by atoms with van der Waals surface area (Å²) < 4.78 is 14.0. The van der Waals surface area contributed by atoms with Gasteiger partial charge in [-0.1, -0.05) is 13.3 Å². The van der Waals surface area contributed by atoms with Crippen LogP contribution in [0.3, 0.4) is 0 Å². The molecule has 1 aromatic heterocycles. The van der Waals surface area contributed by atoms with E-state index in [4.69, 9.17) is 5.73 Å². The number of hydrogen-bond acceptors (Lipinski definition) is 3. The molecule has 0 aromatic carbocycles. The minimum absolute atomic E-state index is 0.0816. The van der Waals surface area contributed by atoms with Gasteiger partial charge in [0, 0.05) is 23.3 Å². The minimum Gasteiger partial charge on any atom is -0.364 e. The summed E-state index contributed by atoms with van der Waals surface area (Å²) in [6.45, 7) is 2.54. The number of nitrogens with zero attached hydrogens (tertiary/aromatic N) is 1. The van der Waals surface area contributed by atoms with Gasteiger partial charge >= 0.3 is 0 Å². The van der Waals surface area contributed by atoms with Gasteiger partial charge in [-0.25, -0.2) is 9.37 Å². The second kappa shape index (κ2) is 6.02. The van der Waals surface area contributed by atoms with Crippen molar-refractivity contribution in [1.29, 1.82) is 0 Å². The van der Waals surface area contributed by atoms with E-state index in [1.54, 1.807) is 6.20 Å². The van der Waals surface area contributed by atoms with Crippen molar-refractivity contribution >= 4 is 21.7 Å². The summed E-state index contributed by atoms with van der Waals surface area (Å²) in [7, 11) is 0. The lowest BCUT2D eigenvalue weighted by atomic mass is 10.1. The topological polar surface area (TPSA) is 50.9 Å². The van der Waals surface area contributed by atoms with Crippen LogP contribution in [-0.4, -0.2) is 17.6 Å². The third-order valence-corrected chi connectivity index (χ3v) is 2.50. The molecule has 0 fully saturated rings. The van der Waals surface area contributed by atoms with Gasteiger partial charge in [-0.15, -0.1) is 0 Å². The fourth-order valence-corrected chi connectivity index (χ4v) is 1.61. The van der Waals surface area contributed by atoms with Crippen LogP contribution >= 0.6 is 15.9 Å². The Labute approximate surface area is 97.4 Å². The molecular weight excluding hydrogens is 261 g/mol. The molecule has 0 aliphatic rings. The van der Waals surface area contributed by atoms with Crippen molar-refractivity contribution in [1.82, 2.24) is 4.98 Å². The third kappa shape index (κ3) is 3.76. The number of halogens is 2. The highest BCUT2D eigenvalue weighted by Gasteiger charge is 2.09. The lowest BCUT2D eigenvalue weighted by molar-refractivity contribution is 0.603. The van der Waals surface area contributed by atoms with Crippen molar-refractivity contribution in [3.63, 3.8) is 0 Å². The van der Waals surface area contributed by atoms with E-state index in [9.17, 15) is 4.39 Å². The first kappa shape index (κ1) is 12.4. The van der Waals surface area contributed by atoms with Gasteiger partial charge in [0.25, 0.3) is 0 Å². The van der Waals surface area contributed by atoms with E-state index in [1.165, 1.54) is 6.07 Å². The van der Waals surface area contributed by atoms with Crippen LogP contribution in [0.2, 0.25) is 0 Å². The molecule has 0 aliphatic heterocycles. The standard InChI is InChI=1S/C10H15BrFN3/c1-2-3-8(5-13)15-10-9(12)4-7(11)6-14-10/h4,6,8H,2-3,5,13H2,1H3,(H,14,15). The Morgan fingerprint density at radius 3 is 2.93 bits per heavy atom. The Morgan fingerprint density at radius 1 is 1.67 bits per heavy atom. The molecule has 5 heteroatoms. The van der Waals surface area contributed by atoms with Gasteiger partial charge in [0.15, 0.2) is 11.6 Å². The normalized spacial score (nSPS) is 12.5. The van der Waals surface area contributed by atoms with Crippen molar-refractivity contribution < 1.29 is 4.39 Å². The quantitative estimate of drug-likeness (QED) is 0.868. The SMILES string of the molecule is CCCC(CN)Nc1ncc(Br)cc1F. The molecule has 1 rings (SSSR count). The predicted molar refractivity (Wildman–Crippen MR) is 63.3 cm³/mol. The summed E-state index contributed by atoms with van der Waals surface area (Å²) in [5.41, 5.74) is 5.56. The highest BCUT2D eigenvalue weighted by Crippen LogP contribution is 2.17. The molecule has 0 bridgehead atoms. The maximum Gasteiger partial charge on any atom is 0.166 e. The van der Waals surface area contributed by atoms with Crippen LogP contribution in [0.1, 0.15) is 19.8 Å². The number of pyridine rings is 1. The molecule has 1 unspecified atom stereocenters. The molecule has 0 saturated carbocycles. The second-order valence-electron chi connectivity index (χ2n) is 3.35. The molecule has 84 valence electrons. The Kier molecular flexibility index (Phi) is 4.98. The van der Waals surface area contributed by atoms with Crippen molar-refractivity contribution in [3.05, 3.63) is 22.6 Å². The summed E-state index contributed by atoms with van der Waals surface area (Å²) in [5.74, 6) is -0.0963. The van der Waals surface area contributed by atoms with E-state index in [-0.39, 0.29) is 17.7 Å².